The van der Waals surface area contributed by atoms with Crippen LogP contribution in [-0.2, 0) is 16.0 Å². The first-order valence-corrected chi connectivity index (χ1v) is 10.5. The molecule has 30 heavy (non-hydrogen) atoms. The van der Waals surface area contributed by atoms with Gasteiger partial charge in [-0.25, -0.2) is 0 Å². The van der Waals surface area contributed by atoms with Crippen molar-refractivity contribution >= 4 is 17.5 Å². The van der Waals surface area contributed by atoms with E-state index in [0.717, 1.165) is 22.6 Å². The molecule has 0 bridgehead atoms. The highest BCUT2D eigenvalue weighted by Crippen LogP contribution is 2.22. The number of methoxy groups -OCH3 is 1. The Morgan fingerprint density at radius 3 is 2.10 bits per heavy atom. The number of rotatable bonds is 10. The highest BCUT2D eigenvalue weighted by Gasteiger charge is 2.21. The number of nitrogens with one attached hydrogen (secondary N) is 3. The minimum absolute atomic E-state index is 0.0515. The molecule has 2 aromatic rings. The van der Waals surface area contributed by atoms with Crippen molar-refractivity contribution in [3.05, 3.63) is 59.7 Å². The van der Waals surface area contributed by atoms with Crippen LogP contribution in [0, 0.1) is 5.92 Å². The van der Waals surface area contributed by atoms with Crippen LogP contribution in [0.1, 0.15) is 37.9 Å². The van der Waals surface area contributed by atoms with E-state index in [2.05, 4.69) is 55.7 Å². The first kappa shape index (κ1) is 23.4. The van der Waals surface area contributed by atoms with Crippen LogP contribution in [0.3, 0.4) is 0 Å². The average Bonchev–Trinajstić information content (AvgIpc) is 2.72. The van der Waals surface area contributed by atoms with Gasteiger partial charge in [0, 0.05) is 5.69 Å². The fourth-order valence-electron chi connectivity index (χ4n) is 3.31. The zero-order chi connectivity index (χ0) is 22.1. The molecule has 0 saturated heterocycles. The third kappa shape index (κ3) is 7.19. The van der Waals surface area contributed by atoms with Crippen LogP contribution in [-0.4, -0.2) is 39.1 Å². The quantitative estimate of drug-likeness (QED) is 0.560. The summed E-state index contributed by atoms with van der Waals surface area (Å²) >= 11 is 0. The molecule has 162 valence electrons. The third-order valence-electron chi connectivity index (χ3n) is 5.03. The molecule has 0 saturated carbocycles. The van der Waals surface area contributed by atoms with Crippen LogP contribution < -0.4 is 20.3 Å². The lowest BCUT2D eigenvalue weighted by molar-refractivity contribution is -0.862. The van der Waals surface area contributed by atoms with Crippen LogP contribution in [0.2, 0.25) is 0 Å². The van der Waals surface area contributed by atoms with E-state index in [1.54, 1.807) is 31.4 Å². The lowest BCUT2D eigenvalue weighted by atomic mass is 9.95. The van der Waals surface area contributed by atoms with Crippen LogP contribution >= 0.6 is 0 Å². The van der Waals surface area contributed by atoms with Gasteiger partial charge >= 0.3 is 0 Å². The summed E-state index contributed by atoms with van der Waals surface area (Å²) in [7, 11) is 3.44. The molecule has 0 heterocycles. The van der Waals surface area contributed by atoms with Crippen molar-refractivity contribution in [2.45, 2.75) is 33.2 Å². The second-order valence-corrected chi connectivity index (χ2v) is 7.97. The van der Waals surface area contributed by atoms with Gasteiger partial charge in [-0.1, -0.05) is 45.0 Å². The Morgan fingerprint density at radius 1 is 0.967 bits per heavy atom. The lowest BCUT2D eigenvalue weighted by Crippen LogP contribution is -3.11. The number of carbonyl (C=O) groups excluding carboxylic acids is 2. The van der Waals surface area contributed by atoms with Crippen molar-refractivity contribution in [2.24, 2.45) is 5.92 Å². The normalized spacial score (nSPS) is 12.9. The first-order chi connectivity index (χ1) is 14.3. The predicted octanol–water partition coefficient (Wildman–Crippen LogP) is 2.22. The summed E-state index contributed by atoms with van der Waals surface area (Å²) in [5.41, 5.74) is 3.08. The van der Waals surface area contributed by atoms with E-state index in [4.69, 9.17) is 4.74 Å². The first-order valence-electron chi connectivity index (χ1n) is 10.5. The van der Waals surface area contributed by atoms with E-state index in [1.165, 1.54) is 5.56 Å². The number of amides is 2. The highest BCUT2D eigenvalue weighted by atomic mass is 16.5. The number of carbonyl (C=O) groups is 2. The Morgan fingerprint density at radius 2 is 1.57 bits per heavy atom. The maximum absolute atomic E-state index is 12.6. The van der Waals surface area contributed by atoms with Crippen molar-refractivity contribution in [3.63, 3.8) is 0 Å². The molecule has 2 amide bonds. The Bertz CT molecular complexity index is 817. The van der Waals surface area contributed by atoms with E-state index in [9.17, 15) is 9.59 Å². The Kier molecular flexibility index (Phi) is 8.87. The van der Waals surface area contributed by atoms with Crippen LogP contribution in [0.4, 0.5) is 5.69 Å². The molecule has 0 aliphatic rings. The van der Waals surface area contributed by atoms with Gasteiger partial charge in [-0.05, 0) is 47.7 Å². The van der Waals surface area contributed by atoms with E-state index in [0.29, 0.717) is 5.69 Å². The molecule has 2 aromatic carbocycles. The second-order valence-electron chi connectivity index (χ2n) is 7.97. The number of hydrogen-bond acceptors (Lipinski definition) is 3. The maximum Gasteiger partial charge on any atom is 0.279 e. The van der Waals surface area contributed by atoms with E-state index in [1.807, 2.05) is 7.05 Å². The molecule has 6 heteroatoms. The minimum atomic E-state index is -0.138. The average molecular weight is 413 g/mol. The third-order valence-corrected chi connectivity index (χ3v) is 5.03. The van der Waals surface area contributed by atoms with Crippen molar-refractivity contribution in [1.29, 1.82) is 0 Å². The zero-order valence-electron chi connectivity index (χ0n) is 18.6. The molecule has 2 rings (SSSR count). The Labute approximate surface area is 179 Å². The molecule has 0 radical (unpaired) electrons. The summed E-state index contributed by atoms with van der Waals surface area (Å²) in [6.45, 7) is 6.75. The lowest BCUT2D eigenvalue weighted by Gasteiger charge is -2.24. The summed E-state index contributed by atoms with van der Waals surface area (Å²) in [4.78, 5) is 25.7. The molecule has 0 aliphatic heterocycles. The van der Waals surface area contributed by atoms with Gasteiger partial charge in [0.25, 0.3) is 11.8 Å². The summed E-state index contributed by atoms with van der Waals surface area (Å²) in [6.07, 6.45) is 0.992. The fraction of sp³-hybridized carbons (Fsp3) is 0.417. The van der Waals surface area contributed by atoms with E-state index >= 15 is 0 Å². The Hall–Kier alpha value is -2.86. The zero-order valence-corrected chi connectivity index (χ0v) is 18.6. The Balaban J connectivity index is 1.87. The fourth-order valence-corrected chi connectivity index (χ4v) is 3.31. The molecule has 6 nitrogen and oxygen atoms in total. The monoisotopic (exact) mass is 412 g/mol. The van der Waals surface area contributed by atoms with Gasteiger partial charge in [0.05, 0.1) is 20.2 Å². The number of quaternary nitrogens is 1. The molecular weight excluding hydrogens is 378 g/mol. The number of anilines is 1. The summed E-state index contributed by atoms with van der Waals surface area (Å²) in [5.74, 6) is 0.792. The highest BCUT2D eigenvalue weighted by molar-refractivity contribution is 5.91. The van der Waals surface area contributed by atoms with Gasteiger partial charge in [0.1, 0.15) is 5.75 Å². The molecule has 1 unspecified atom stereocenters. The van der Waals surface area contributed by atoms with Crippen molar-refractivity contribution < 1.29 is 19.2 Å². The smallest absolute Gasteiger partial charge is 0.279 e. The second kappa shape index (κ2) is 11.4. The number of likely N-dealkylation sites (N-methyl/N-ethyl adjacent to an activating group) is 1. The molecule has 0 aliphatic carbocycles. The summed E-state index contributed by atoms with van der Waals surface area (Å²) in [6, 6.07) is 15.5. The van der Waals surface area contributed by atoms with Gasteiger partial charge < -0.3 is 20.3 Å². The molecule has 0 fully saturated rings. The summed E-state index contributed by atoms with van der Waals surface area (Å²) in [5, 5.41) is 5.98. The van der Waals surface area contributed by atoms with Gasteiger partial charge in [0.2, 0.25) is 0 Å². The summed E-state index contributed by atoms with van der Waals surface area (Å²) < 4.78 is 5.11. The largest absolute Gasteiger partial charge is 0.497 e. The number of benzene rings is 2. The molecule has 3 N–H and O–H groups in total. The van der Waals surface area contributed by atoms with Crippen LogP contribution in [0.15, 0.2) is 48.5 Å². The SMILES string of the molecule is CCc1ccc([C@@H](NC(=O)C[NH+](C)CC(=O)Nc2ccc(OC)cc2)C(C)C)cc1. The molecule has 0 aromatic heterocycles. The molecular formula is C24H34N3O3+. The molecule has 2 atom stereocenters. The van der Waals surface area contributed by atoms with Gasteiger partial charge in [-0.2, -0.15) is 0 Å². The van der Waals surface area contributed by atoms with Crippen molar-refractivity contribution in [1.82, 2.24) is 5.32 Å². The number of ether oxygens (including phenoxy) is 1. The molecule has 0 spiro atoms. The topological polar surface area (TPSA) is 71.9 Å². The van der Waals surface area contributed by atoms with Crippen molar-refractivity contribution in [2.75, 3.05) is 32.6 Å². The van der Waals surface area contributed by atoms with Crippen LogP contribution in [0.5, 0.6) is 5.75 Å². The van der Waals surface area contributed by atoms with Crippen molar-refractivity contribution in [3.8, 4) is 5.75 Å². The van der Waals surface area contributed by atoms with Gasteiger partial charge in [-0.15, -0.1) is 0 Å². The number of hydrogen-bond donors (Lipinski definition) is 3. The standard InChI is InChI=1S/C24H33N3O3/c1-6-18-7-9-19(10-8-18)24(17(2)3)26-23(29)16-27(4)15-22(28)25-20-11-13-21(30-5)14-12-20/h7-14,17,24H,6,15-16H2,1-5H3,(H,25,28)(H,26,29)/p+1/t24-/m0/s1. The van der Waals surface area contributed by atoms with E-state index in [-0.39, 0.29) is 36.9 Å². The number of aryl methyl sites for hydroxylation is 1. The van der Waals surface area contributed by atoms with E-state index < -0.39 is 0 Å². The van der Waals surface area contributed by atoms with Gasteiger partial charge in [-0.3, -0.25) is 9.59 Å². The maximum atomic E-state index is 12.6. The minimum Gasteiger partial charge on any atom is -0.497 e. The van der Waals surface area contributed by atoms with Crippen LogP contribution in [0.25, 0.3) is 0 Å². The predicted molar refractivity (Wildman–Crippen MR) is 120 cm³/mol. The van der Waals surface area contributed by atoms with Gasteiger partial charge in [0.15, 0.2) is 13.1 Å².